The second-order valence-electron chi connectivity index (χ2n) is 8.01. The Morgan fingerprint density at radius 2 is 1.73 bits per heavy atom. The van der Waals surface area contributed by atoms with E-state index in [0.29, 0.717) is 14.2 Å². The van der Waals surface area contributed by atoms with Gasteiger partial charge in [-0.3, -0.25) is 14.5 Å². The molecule has 11 heteroatoms. The molecule has 0 radical (unpaired) electrons. The monoisotopic (exact) mass is 669 g/mol. The number of rotatable bonds is 8. The van der Waals surface area contributed by atoms with Crippen molar-refractivity contribution in [1.29, 1.82) is 0 Å². The van der Waals surface area contributed by atoms with Gasteiger partial charge in [0, 0.05) is 5.02 Å². The molecule has 1 heterocycles. The number of imide groups is 1. The largest absolute Gasteiger partial charge is 0.490 e. The van der Waals surface area contributed by atoms with Crippen LogP contribution in [0.2, 0.25) is 5.02 Å². The second kappa shape index (κ2) is 11.5. The van der Waals surface area contributed by atoms with Crippen LogP contribution >= 0.6 is 46.0 Å². The van der Waals surface area contributed by atoms with Gasteiger partial charge in [-0.05, 0) is 102 Å². The molecule has 0 N–H and O–H groups in total. The summed E-state index contributed by atoms with van der Waals surface area (Å²) >= 11 is 8.66. The van der Waals surface area contributed by atoms with Crippen LogP contribution < -0.4 is 8.92 Å². The molecular formula is C26H21ClINO6S2. The van der Waals surface area contributed by atoms with Crippen molar-refractivity contribution in [3.05, 3.63) is 90.9 Å². The molecule has 0 aromatic heterocycles. The Balaban J connectivity index is 1.61. The highest BCUT2D eigenvalue weighted by atomic mass is 127. The molecule has 0 aliphatic carbocycles. The third-order valence-electron chi connectivity index (χ3n) is 5.26. The van der Waals surface area contributed by atoms with E-state index in [2.05, 4.69) is 0 Å². The standard InChI is InChI=1S/C26H21ClINO6S2/c1-3-34-22-13-18(12-21(28)24(22)35-37(32,33)20-10-8-19(27)9-11-20)14-23-25(30)29(26(31)36-23)15-17-6-4-16(2)5-7-17/h4-14H,3,15H2,1-2H3/b23-14-. The van der Waals surface area contributed by atoms with E-state index in [9.17, 15) is 18.0 Å². The molecule has 0 bridgehead atoms. The number of hydrogen-bond acceptors (Lipinski definition) is 7. The average molecular weight is 670 g/mol. The Hall–Kier alpha value is -2.54. The zero-order chi connectivity index (χ0) is 26.7. The van der Waals surface area contributed by atoms with Gasteiger partial charge in [0.2, 0.25) is 0 Å². The highest BCUT2D eigenvalue weighted by Crippen LogP contribution is 2.39. The van der Waals surface area contributed by atoms with Crippen LogP contribution in [-0.2, 0) is 21.5 Å². The molecular weight excluding hydrogens is 649 g/mol. The summed E-state index contributed by atoms with van der Waals surface area (Å²) in [5, 5.41) is 0.0433. The fraction of sp³-hybridized carbons (Fsp3) is 0.154. The average Bonchev–Trinajstić information content (AvgIpc) is 3.10. The maximum absolute atomic E-state index is 13.0. The van der Waals surface area contributed by atoms with Crippen LogP contribution in [-0.4, -0.2) is 31.1 Å². The maximum Gasteiger partial charge on any atom is 0.339 e. The first-order valence-corrected chi connectivity index (χ1v) is 14.7. The minimum absolute atomic E-state index is 0.0297. The Morgan fingerprint density at radius 1 is 1.05 bits per heavy atom. The zero-order valence-corrected chi connectivity index (χ0v) is 24.3. The predicted octanol–water partition coefficient (Wildman–Crippen LogP) is 6.66. The number of carbonyl (C=O) groups is 2. The van der Waals surface area contributed by atoms with Crippen molar-refractivity contribution in [2.24, 2.45) is 0 Å². The van der Waals surface area contributed by atoms with E-state index in [0.717, 1.165) is 22.9 Å². The number of aryl methyl sites for hydroxylation is 1. The molecule has 0 saturated carbocycles. The van der Waals surface area contributed by atoms with Gasteiger partial charge in [-0.25, -0.2) is 0 Å². The Morgan fingerprint density at radius 3 is 2.38 bits per heavy atom. The molecule has 0 atom stereocenters. The van der Waals surface area contributed by atoms with Crippen molar-refractivity contribution in [3.8, 4) is 11.5 Å². The van der Waals surface area contributed by atoms with E-state index in [1.54, 1.807) is 25.1 Å². The number of hydrogen-bond donors (Lipinski definition) is 0. The highest BCUT2D eigenvalue weighted by molar-refractivity contribution is 14.1. The van der Waals surface area contributed by atoms with Crippen LogP contribution in [0.1, 0.15) is 23.6 Å². The molecule has 0 unspecified atom stereocenters. The van der Waals surface area contributed by atoms with Gasteiger partial charge < -0.3 is 8.92 Å². The van der Waals surface area contributed by atoms with Crippen molar-refractivity contribution in [2.45, 2.75) is 25.3 Å². The van der Waals surface area contributed by atoms with Gasteiger partial charge in [-0.1, -0.05) is 41.4 Å². The minimum Gasteiger partial charge on any atom is -0.490 e. The van der Waals surface area contributed by atoms with Crippen LogP contribution in [0.15, 0.2) is 70.5 Å². The molecule has 3 aromatic rings. The fourth-order valence-electron chi connectivity index (χ4n) is 3.44. The van der Waals surface area contributed by atoms with Gasteiger partial charge in [-0.15, -0.1) is 0 Å². The SMILES string of the molecule is CCOc1cc(/C=C2\SC(=O)N(Cc3ccc(C)cc3)C2=O)cc(I)c1OS(=O)(=O)c1ccc(Cl)cc1. The van der Waals surface area contributed by atoms with Crippen molar-refractivity contribution >= 4 is 73.3 Å². The molecule has 2 amide bonds. The molecule has 1 aliphatic heterocycles. The molecule has 37 heavy (non-hydrogen) atoms. The maximum atomic E-state index is 13.0. The lowest BCUT2D eigenvalue weighted by Gasteiger charge is -2.15. The van der Waals surface area contributed by atoms with Gasteiger partial charge in [0.05, 0.1) is 21.6 Å². The number of ether oxygens (including phenoxy) is 1. The Labute approximate surface area is 238 Å². The van der Waals surface area contributed by atoms with E-state index in [1.807, 2.05) is 53.8 Å². The number of amides is 2. The molecule has 3 aromatic carbocycles. The van der Waals surface area contributed by atoms with E-state index in [-0.39, 0.29) is 39.7 Å². The Kier molecular flexibility index (Phi) is 8.52. The van der Waals surface area contributed by atoms with E-state index in [4.69, 9.17) is 20.5 Å². The summed E-state index contributed by atoms with van der Waals surface area (Å²) in [6, 6.07) is 16.5. The molecule has 0 spiro atoms. The van der Waals surface area contributed by atoms with Crippen LogP contribution in [0.25, 0.3) is 6.08 Å². The minimum atomic E-state index is -4.15. The van der Waals surface area contributed by atoms with Gasteiger partial charge in [0.15, 0.2) is 11.5 Å². The van der Waals surface area contributed by atoms with Crippen molar-refractivity contribution in [1.82, 2.24) is 4.90 Å². The lowest BCUT2D eigenvalue weighted by Crippen LogP contribution is -2.27. The first-order chi connectivity index (χ1) is 17.6. The van der Waals surface area contributed by atoms with Gasteiger partial charge >= 0.3 is 10.1 Å². The number of nitrogens with zero attached hydrogens (tertiary/aromatic N) is 1. The number of benzene rings is 3. The fourth-order valence-corrected chi connectivity index (χ4v) is 6.24. The highest BCUT2D eigenvalue weighted by Gasteiger charge is 2.35. The van der Waals surface area contributed by atoms with Crippen LogP contribution in [0.3, 0.4) is 0 Å². The zero-order valence-electron chi connectivity index (χ0n) is 19.7. The first kappa shape index (κ1) is 27.5. The summed E-state index contributed by atoms with van der Waals surface area (Å²) < 4.78 is 37.2. The Bertz CT molecular complexity index is 1490. The summed E-state index contributed by atoms with van der Waals surface area (Å²) in [7, 11) is -4.15. The van der Waals surface area contributed by atoms with Crippen molar-refractivity contribution in [2.75, 3.05) is 6.61 Å². The summed E-state index contributed by atoms with van der Waals surface area (Å²) in [5.41, 5.74) is 2.50. The summed E-state index contributed by atoms with van der Waals surface area (Å²) in [5.74, 6) is -0.173. The van der Waals surface area contributed by atoms with Crippen LogP contribution in [0.5, 0.6) is 11.5 Å². The number of carbonyl (C=O) groups excluding carboxylic acids is 2. The molecule has 7 nitrogen and oxygen atoms in total. The summed E-state index contributed by atoms with van der Waals surface area (Å²) in [6.07, 6.45) is 1.59. The third-order valence-corrected chi connectivity index (χ3v) is 8.46. The third kappa shape index (κ3) is 6.49. The predicted molar refractivity (Wildman–Crippen MR) is 152 cm³/mol. The van der Waals surface area contributed by atoms with Crippen LogP contribution in [0.4, 0.5) is 4.79 Å². The quantitative estimate of drug-likeness (QED) is 0.151. The molecule has 1 aliphatic rings. The van der Waals surface area contributed by atoms with E-state index < -0.39 is 16.0 Å². The number of thioether (sulfide) groups is 1. The summed E-state index contributed by atoms with van der Waals surface area (Å²) in [4.78, 5) is 27.0. The van der Waals surface area contributed by atoms with Gasteiger partial charge in [0.1, 0.15) is 4.90 Å². The topological polar surface area (TPSA) is 90.0 Å². The molecule has 4 rings (SSSR count). The lowest BCUT2D eigenvalue weighted by molar-refractivity contribution is -0.123. The molecule has 192 valence electrons. The molecule has 1 saturated heterocycles. The van der Waals surface area contributed by atoms with Gasteiger partial charge in [0.25, 0.3) is 11.1 Å². The van der Waals surface area contributed by atoms with E-state index >= 15 is 0 Å². The second-order valence-corrected chi connectivity index (χ2v) is 12.1. The molecule has 1 fully saturated rings. The van der Waals surface area contributed by atoms with Crippen molar-refractivity contribution < 1.29 is 26.9 Å². The van der Waals surface area contributed by atoms with Crippen LogP contribution in [0, 0.1) is 10.5 Å². The van der Waals surface area contributed by atoms with E-state index in [1.165, 1.54) is 29.2 Å². The smallest absolute Gasteiger partial charge is 0.339 e. The summed E-state index contributed by atoms with van der Waals surface area (Å²) in [6.45, 7) is 4.16. The lowest BCUT2D eigenvalue weighted by atomic mass is 10.1. The normalized spacial score (nSPS) is 14.9. The number of halogens is 2. The van der Waals surface area contributed by atoms with Crippen molar-refractivity contribution in [3.63, 3.8) is 0 Å². The van der Waals surface area contributed by atoms with Gasteiger partial charge in [-0.2, -0.15) is 8.42 Å². The first-order valence-electron chi connectivity index (χ1n) is 11.0.